The number of fused-ring (bicyclic) bond motifs is 2. The highest BCUT2D eigenvalue weighted by Crippen LogP contribution is 2.36. The minimum atomic E-state index is -0.595. The molecular weight excluding hydrogens is 326 g/mol. The molecule has 0 aliphatic heterocycles. The molecule has 0 heterocycles. The van der Waals surface area contributed by atoms with E-state index in [1.54, 1.807) is 24.3 Å². The van der Waals surface area contributed by atoms with Crippen molar-refractivity contribution in [3.63, 3.8) is 0 Å². The van der Waals surface area contributed by atoms with Gasteiger partial charge in [0.15, 0.2) is 11.6 Å². The van der Waals surface area contributed by atoms with E-state index in [2.05, 4.69) is 15.9 Å². The predicted molar refractivity (Wildman–Crippen MR) is 74.1 cm³/mol. The monoisotopic (exact) mass is 331 g/mol. The molecule has 1 aliphatic rings. The van der Waals surface area contributed by atoms with Crippen molar-refractivity contribution in [3.8, 4) is 0 Å². The predicted octanol–water partition coefficient (Wildman–Crippen LogP) is 3.13. The molecule has 0 bridgehead atoms. The lowest BCUT2D eigenvalue weighted by molar-refractivity contribution is -0.385. The molecule has 0 unspecified atom stereocenters. The van der Waals surface area contributed by atoms with Crippen molar-refractivity contribution in [1.29, 1.82) is 0 Å². The first-order valence-electron chi connectivity index (χ1n) is 5.67. The van der Waals surface area contributed by atoms with E-state index >= 15 is 0 Å². The molecule has 0 amide bonds. The number of ketones is 2. The lowest BCUT2D eigenvalue weighted by Crippen LogP contribution is -2.21. The molecule has 0 spiro atoms. The maximum Gasteiger partial charge on any atom is 0.284 e. The van der Waals surface area contributed by atoms with Crippen molar-refractivity contribution in [3.05, 3.63) is 73.2 Å². The van der Waals surface area contributed by atoms with Crippen molar-refractivity contribution >= 4 is 33.2 Å². The van der Waals surface area contributed by atoms with E-state index in [0.29, 0.717) is 5.56 Å². The lowest BCUT2D eigenvalue weighted by atomic mass is 9.84. The van der Waals surface area contributed by atoms with Gasteiger partial charge in [0.2, 0.25) is 0 Å². The van der Waals surface area contributed by atoms with Crippen LogP contribution in [-0.2, 0) is 0 Å². The summed E-state index contributed by atoms with van der Waals surface area (Å²) in [7, 11) is 0. The second-order valence-electron chi connectivity index (χ2n) is 4.28. The summed E-state index contributed by atoms with van der Waals surface area (Å²) in [6, 6.07) is 9.00. The Kier molecular flexibility index (Phi) is 2.76. The summed E-state index contributed by atoms with van der Waals surface area (Å²) in [6.07, 6.45) is 0. The molecule has 0 saturated carbocycles. The van der Waals surface area contributed by atoms with Gasteiger partial charge in [-0.2, -0.15) is 0 Å². The van der Waals surface area contributed by atoms with Crippen LogP contribution < -0.4 is 0 Å². The average molecular weight is 332 g/mol. The summed E-state index contributed by atoms with van der Waals surface area (Å²) < 4.78 is 0.0489. The van der Waals surface area contributed by atoms with Crippen LogP contribution in [0.15, 0.2) is 40.9 Å². The van der Waals surface area contributed by atoms with Gasteiger partial charge in [0.1, 0.15) is 4.47 Å². The van der Waals surface area contributed by atoms with Gasteiger partial charge >= 0.3 is 0 Å². The molecule has 1 aliphatic carbocycles. The molecule has 0 N–H and O–H groups in total. The molecule has 3 rings (SSSR count). The van der Waals surface area contributed by atoms with Crippen LogP contribution in [0.1, 0.15) is 31.8 Å². The molecule has 0 aromatic heterocycles. The van der Waals surface area contributed by atoms with E-state index in [1.807, 2.05) is 0 Å². The quantitative estimate of drug-likeness (QED) is 0.507. The van der Waals surface area contributed by atoms with Crippen LogP contribution in [0, 0.1) is 10.1 Å². The second-order valence-corrected chi connectivity index (χ2v) is 5.08. The zero-order valence-electron chi connectivity index (χ0n) is 9.92. The zero-order chi connectivity index (χ0) is 14.4. The second kappa shape index (κ2) is 4.35. The molecule has 6 heteroatoms. The van der Waals surface area contributed by atoms with Gasteiger partial charge in [-0.05, 0) is 22.0 Å². The number of carbonyl (C=O) groups excluding carboxylic acids is 2. The number of nitro groups is 1. The van der Waals surface area contributed by atoms with E-state index in [9.17, 15) is 19.7 Å². The number of carbonyl (C=O) groups is 2. The van der Waals surface area contributed by atoms with Crippen LogP contribution in [0.4, 0.5) is 5.69 Å². The van der Waals surface area contributed by atoms with Crippen molar-refractivity contribution in [2.24, 2.45) is 0 Å². The van der Waals surface area contributed by atoms with Crippen molar-refractivity contribution in [2.45, 2.75) is 0 Å². The van der Waals surface area contributed by atoms with Crippen LogP contribution in [0.2, 0.25) is 0 Å². The number of halogens is 1. The first-order valence-corrected chi connectivity index (χ1v) is 6.47. The normalized spacial score (nSPS) is 12.8. The van der Waals surface area contributed by atoms with Gasteiger partial charge in [-0.3, -0.25) is 19.7 Å². The third-order valence-corrected chi connectivity index (χ3v) is 4.01. The fourth-order valence-corrected chi connectivity index (χ4v) is 2.95. The Hall–Kier alpha value is -2.34. The van der Waals surface area contributed by atoms with Gasteiger partial charge in [0.05, 0.1) is 10.5 Å². The van der Waals surface area contributed by atoms with E-state index in [-0.39, 0.29) is 38.4 Å². The standard InChI is InChI=1S/C14H6BrNO4/c15-12-10(16(19)20)6-5-9-11(12)14(18)8-4-2-1-3-7(8)13(9)17/h1-6H. The van der Waals surface area contributed by atoms with Crippen molar-refractivity contribution in [1.82, 2.24) is 0 Å². The van der Waals surface area contributed by atoms with Crippen LogP contribution in [0.5, 0.6) is 0 Å². The summed E-state index contributed by atoms with van der Waals surface area (Å²) >= 11 is 3.07. The molecule has 0 fully saturated rings. The number of nitrogens with zero attached hydrogens (tertiary/aromatic N) is 1. The Morgan fingerprint density at radius 2 is 1.50 bits per heavy atom. The smallest absolute Gasteiger partial charge is 0.284 e. The zero-order valence-corrected chi connectivity index (χ0v) is 11.5. The third kappa shape index (κ3) is 1.61. The average Bonchev–Trinajstić information content (AvgIpc) is 2.44. The molecule has 98 valence electrons. The van der Waals surface area contributed by atoms with Gasteiger partial charge in [-0.15, -0.1) is 0 Å². The number of hydrogen-bond acceptors (Lipinski definition) is 4. The Morgan fingerprint density at radius 3 is 2.10 bits per heavy atom. The molecule has 2 aromatic rings. The first-order chi connectivity index (χ1) is 9.52. The molecule has 2 aromatic carbocycles. The van der Waals surface area contributed by atoms with E-state index in [0.717, 1.165) is 0 Å². The first kappa shape index (κ1) is 12.7. The molecule has 0 saturated heterocycles. The number of nitro benzene ring substituents is 1. The third-order valence-electron chi connectivity index (χ3n) is 3.21. The van der Waals surface area contributed by atoms with E-state index < -0.39 is 4.92 Å². The summed E-state index contributed by atoms with van der Waals surface area (Å²) in [5, 5.41) is 10.9. The number of benzene rings is 2. The Morgan fingerprint density at radius 1 is 0.900 bits per heavy atom. The fraction of sp³-hybridized carbons (Fsp3) is 0. The highest BCUT2D eigenvalue weighted by Gasteiger charge is 2.33. The van der Waals surface area contributed by atoms with E-state index in [4.69, 9.17) is 0 Å². The topological polar surface area (TPSA) is 77.3 Å². The van der Waals surface area contributed by atoms with Crippen LogP contribution in [-0.4, -0.2) is 16.5 Å². The lowest BCUT2D eigenvalue weighted by Gasteiger charge is -2.18. The Bertz CT molecular complexity index is 798. The largest absolute Gasteiger partial charge is 0.289 e. The van der Waals surface area contributed by atoms with Crippen molar-refractivity contribution < 1.29 is 14.5 Å². The number of rotatable bonds is 1. The summed E-state index contributed by atoms with van der Waals surface area (Å²) in [5.74, 6) is -0.684. The van der Waals surface area contributed by atoms with Crippen LogP contribution in [0.3, 0.4) is 0 Å². The number of hydrogen-bond donors (Lipinski definition) is 0. The highest BCUT2D eigenvalue weighted by molar-refractivity contribution is 9.10. The maximum absolute atomic E-state index is 12.4. The Labute approximate surface area is 121 Å². The van der Waals surface area contributed by atoms with Crippen LogP contribution >= 0.6 is 15.9 Å². The van der Waals surface area contributed by atoms with Crippen molar-refractivity contribution in [2.75, 3.05) is 0 Å². The van der Waals surface area contributed by atoms with Gasteiger partial charge in [0, 0.05) is 22.8 Å². The van der Waals surface area contributed by atoms with Gasteiger partial charge in [0.25, 0.3) is 5.69 Å². The summed E-state index contributed by atoms with van der Waals surface area (Å²) in [6.45, 7) is 0. The maximum atomic E-state index is 12.4. The molecular formula is C14H6BrNO4. The molecule has 5 nitrogen and oxygen atoms in total. The SMILES string of the molecule is O=C1c2ccccc2C(=O)c2c1ccc([N+](=O)[O-])c2Br. The van der Waals surface area contributed by atoms with Crippen LogP contribution in [0.25, 0.3) is 0 Å². The van der Waals surface area contributed by atoms with E-state index in [1.165, 1.54) is 12.1 Å². The molecule has 0 atom stereocenters. The van der Waals surface area contributed by atoms with Gasteiger partial charge in [-0.25, -0.2) is 0 Å². The minimum absolute atomic E-state index is 0.0489. The molecule has 20 heavy (non-hydrogen) atoms. The summed E-state index contributed by atoms with van der Waals surface area (Å²) in [5.41, 5.74) is 0.607. The van der Waals surface area contributed by atoms with Gasteiger partial charge in [-0.1, -0.05) is 24.3 Å². The Balaban J connectivity index is 2.34. The van der Waals surface area contributed by atoms with Gasteiger partial charge < -0.3 is 0 Å². The fourth-order valence-electron chi connectivity index (χ4n) is 2.28. The minimum Gasteiger partial charge on any atom is -0.289 e. The summed E-state index contributed by atoms with van der Waals surface area (Å²) in [4.78, 5) is 35.1. The molecule has 0 radical (unpaired) electrons. The highest BCUT2D eigenvalue weighted by atomic mass is 79.9.